The van der Waals surface area contributed by atoms with Gasteiger partial charge < -0.3 is 0 Å². The maximum atomic E-state index is 0. The van der Waals surface area contributed by atoms with Crippen LogP contribution in [0.5, 0.6) is 0 Å². The number of hydrogen-bond donors (Lipinski definition) is 0. The van der Waals surface area contributed by atoms with E-state index in [0.717, 1.165) is 0 Å². The third-order valence-corrected chi connectivity index (χ3v) is 0. The molecular weight excluding hydrogens is 434 g/mol. The van der Waals surface area contributed by atoms with E-state index in [-0.39, 0.29) is 81.3 Å². The van der Waals surface area contributed by atoms with Crippen LogP contribution in [0.1, 0.15) is 0 Å². The van der Waals surface area contributed by atoms with E-state index in [0.29, 0.717) is 0 Å². The molecule has 0 aliphatic rings. The van der Waals surface area contributed by atoms with Gasteiger partial charge in [-0.25, -0.2) is 0 Å². The Hall–Kier alpha value is 2.62. The molecule has 4 heavy (non-hydrogen) atoms. The van der Waals surface area contributed by atoms with Crippen molar-refractivity contribution in [2.45, 2.75) is 0 Å². The van der Waals surface area contributed by atoms with Crippen LogP contribution in [-0.4, -0.2) is 0 Å². The average molecular weight is 434 g/mol. The van der Waals surface area contributed by atoms with E-state index in [4.69, 9.17) is 0 Å². The zero-order chi connectivity index (χ0) is 0. The standard InChI is InChI=1S/Ag.Au.Cu.Zn. The van der Waals surface area contributed by atoms with Crippen LogP contribution in [0.3, 0.4) is 0 Å². The molecule has 0 aliphatic carbocycles. The quantitative estimate of drug-likeness (QED) is 0.472. The third-order valence-electron chi connectivity index (χ3n) is 0. The van der Waals surface area contributed by atoms with E-state index in [1.54, 1.807) is 0 Å². The molecule has 0 aromatic heterocycles. The van der Waals surface area contributed by atoms with Crippen molar-refractivity contribution >= 4 is 0 Å². The molecule has 4 heteroatoms. The van der Waals surface area contributed by atoms with Gasteiger partial charge in [-0.3, -0.25) is 0 Å². The van der Waals surface area contributed by atoms with Gasteiger partial charge in [0.05, 0.1) is 0 Å². The predicted molar refractivity (Wildman–Crippen MR) is 0 cm³/mol. The molecule has 35 valence electrons. The Morgan fingerprint density at radius 3 is 1.00 bits per heavy atom. The summed E-state index contributed by atoms with van der Waals surface area (Å²) in [6, 6.07) is 0. The average Bonchev–Trinajstić information content (AvgIpc) is 0. The Labute approximate surface area is 80.1 Å². The second-order valence-corrected chi connectivity index (χ2v) is 0. The predicted octanol–water partition coefficient (Wildman–Crippen LogP) is -0.0100. The van der Waals surface area contributed by atoms with Gasteiger partial charge in [-0.15, -0.1) is 0 Å². The van der Waals surface area contributed by atoms with Crippen LogP contribution in [0, 0.1) is 0 Å². The fourth-order valence-electron chi connectivity index (χ4n) is 0. The van der Waals surface area contributed by atoms with Crippen molar-refractivity contribution < 1.29 is 81.3 Å². The minimum atomic E-state index is 0. The summed E-state index contributed by atoms with van der Waals surface area (Å²) in [5.41, 5.74) is 0. The fraction of sp³-hybridized carbons (Fsp3) is 0. The van der Waals surface area contributed by atoms with Crippen molar-refractivity contribution in [3.05, 3.63) is 0 Å². The maximum Gasteiger partial charge on any atom is 0 e. The first kappa shape index (κ1) is 30.4. The summed E-state index contributed by atoms with van der Waals surface area (Å²) in [5, 5.41) is 0. The molecule has 0 heterocycles. The van der Waals surface area contributed by atoms with Gasteiger partial charge in [0.25, 0.3) is 0 Å². The van der Waals surface area contributed by atoms with Gasteiger partial charge in [-0.2, -0.15) is 0 Å². The first-order chi connectivity index (χ1) is 0. The molecule has 0 aromatic carbocycles. The minimum Gasteiger partial charge on any atom is 0 e. The van der Waals surface area contributed by atoms with Gasteiger partial charge >= 0.3 is 0 Å². The molecule has 0 nitrogen and oxygen atoms in total. The number of hydrogen-bond acceptors (Lipinski definition) is 0. The van der Waals surface area contributed by atoms with Crippen molar-refractivity contribution in [2.75, 3.05) is 0 Å². The smallest absolute Gasteiger partial charge is 0 e. The summed E-state index contributed by atoms with van der Waals surface area (Å²) in [4.78, 5) is 0. The van der Waals surface area contributed by atoms with E-state index in [9.17, 15) is 0 Å². The topological polar surface area (TPSA) is 0 Å². The van der Waals surface area contributed by atoms with Crippen molar-refractivity contribution in [2.24, 2.45) is 0 Å². The molecule has 0 fully saturated rings. The van der Waals surface area contributed by atoms with Gasteiger partial charge in [0, 0.05) is 81.3 Å². The molecule has 0 spiro atoms. The Balaban J connectivity index is 0. The second-order valence-electron chi connectivity index (χ2n) is 0. The molecule has 0 aliphatic heterocycles. The summed E-state index contributed by atoms with van der Waals surface area (Å²) < 4.78 is 0. The van der Waals surface area contributed by atoms with Crippen LogP contribution < -0.4 is 0 Å². The zero-order valence-electron chi connectivity index (χ0n) is 1.61. The first-order valence-corrected chi connectivity index (χ1v) is 0. The third kappa shape index (κ3) is 8.82. The Kier molecular flexibility index (Phi) is 133. The molecule has 0 amide bonds. The number of rotatable bonds is 0. The van der Waals surface area contributed by atoms with E-state index in [1.165, 1.54) is 0 Å². The van der Waals surface area contributed by atoms with Gasteiger partial charge in [-0.1, -0.05) is 0 Å². The summed E-state index contributed by atoms with van der Waals surface area (Å²) in [5.74, 6) is 0. The van der Waals surface area contributed by atoms with Crippen LogP contribution >= 0.6 is 0 Å². The van der Waals surface area contributed by atoms with Gasteiger partial charge in [0.15, 0.2) is 0 Å². The monoisotopic (exact) mass is 431 g/mol. The van der Waals surface area contributed by atoms with Crippen molar-refractivity contribution in [3.63, 3.8) is 0 Å². The van der Waals surface area contributed by atoms with E-state index in [2.05, 4.69) is 0 Å². The van der Waals surface area contributed by atoms with Gasteiger partial charge in [0.2, 0.25) is 0 Å². The summed E-state index contributed by atoms with van der Waals surface area (Å²) >= 11 is 0. The van der Waals surface area contributed by atoms with Crippen molar-refractivity contribution in [1.29, 1.82) is 0 Å². The summed E-state index contributed by atoms with van der Waals surface area (Å²) in [7, 11) is 0. The van der Waals surface area contributed by atoms with E-state index < -0.39 is 0 Å². The van der Waals surface area contributed by atoms with E-state index in [1.807, 2.05) is 0 Å². The Morgan fingerprint density at radius 2 is 1.00 bits per heavy atom. The first-order valence-electron chi connectivity index (χ1n) is 0. The molecule has 0 aromatic rings. The zero-order valence-corrected chi connectivity index (χ0v) is 9.17. The normalized spacial score (nSPS) is 0. The largest absolute Gasteiger partial charge is 0 e. The van der Waals surface area contributed by atoms with E-state index >= 15 is 0 Å². The second kappa shape index (κ2) is 17.5. The van der Waals surface area contributed by atoms with Crippen molar-refractivity contribution in [3.8, 4) is 0 Å². The summed E-state index contributed by atoms with van der Waals surface area (Å²) in [6.07, 6.45) is 0. The molecule has 0 unspecified atom stereocenters. The molecule has 0 saturated carbocycles. The molecule has 0 rings (SSSR count). The maximum absolute atomic E-state index is 0. The van der Waals surface area contributed by atoms with Gasteiger partial charge in [0.1, 0.15) is 0 Å². The van der Waals surface area contributed by atoms with Crippen LogP contribution in [0.4, 0.5) is 0 Å². The molecule has 0 saturated heterocycles. The molecule has 0 atom stereocenters. The SMILES string of the molecule is [Ag].[Au].[Cu].[Zn]. The molecule has 0 bridgehead atoms. The van der Waals surface area contributed by atoms with Crippen LogP contribution in [0.15, 0.2) is 0 Å². The van der Waals surface area contributed by atoms with Crippen LogP contribution in [-0.2, 0) is 81.3 Å². The molecular formula is AgAuCuZn. The molecule has 3 radical (unpaired) electrons. The van der Waals surface area contributed by atoms with Crippen LogP contribution in [0.2, 0.25) is 0 Å². The van der Waals surface area contributed by atoms with Crippen LogP contribution in [0.25, 0.3) is 0 Å². The van der Waals surface area contributed by atoms with Crippen molar-refractivity contribution in [1.82, 2.24) is 0 Å². The Bertz CT molecular complexity index is 8.00. The Morgan fingerprint density at radius 1 is 1.00 bits per heavy atom. The fourth-order valence-corrected chi connectivity index (χ4v) is 0. The van der Waals surface area contributed by atoms with Gasteiger partial charge in [-0.05, 0) is 0 Å². The molecule has 0 N–H and O–H groups in total. The summed E-state index contributed by atoms with van der Waals surface area (Å²) in [6.45, 7) is 0. The minimum absolute atomic E-state index is 0.